The van der Waals surface area contributed by atoms with Gasteiger partial charge in [-0.05, 0) is 37.1 Å². The van der Waals surface area contributed by atoms with E-state index >= 15 is 0 Å². The number of halogens is 1. The minimum Gasteiger partial charge on any atom is -0.466 e. The third-order valence-corrected chi connectivity index (χ3v) is 3.00. The van der Waals surface area contributed by atoms with E-state index < -0.39 is 0 Å². The Morgan fingerprint density at radius 3 is 2.81 bits per heavy atom. The minimum absolute atomic E-state index is 0.196. The van der Waals surface area contributed by atoms with Crippen molar-refractivity contribution < 1.29 is 9.53 Å². The van der Waals surface area contributed by atoms with Crippen molar-refractivity contribution in [3.05, 3.63) is 33.3 Å². The number of benzene rings is 1. The van der Waals surface area contributed by atoms with Crippen LogP contribution in [0.2, 0.25) is 0 Å². The second kappa shape index (κ2) is 5.66. The molecule has 4 heteroatoms. The number of ether oxygens (including phenoxy) is 1. The maximum Gasteiger partial charge on any atom is 0.310 e. The Hall–Kier alpha value is -1.34. The fraction of sp³-hybridized carbons (Fsp3) is 0.333. The van der Waals surface area contributed by atoms with E-state index in [1.54, 1.807) is 13.0 Å². The Bertz CT molecular complexity index is 449. The summed E-state index contributed by atoms with van der Waals surface area (Å²) in [6.45, 7) is 4.00. The van der Waals surface area contributed by atoms with Gasteiger partial charge in [0.25, 0.3) is 0 Å². The highest BCUT2D eigenvalue weighted by molar-refractivity contribution is 9.10. The lowest BCUT2D eigenvalue weighted by Gasteiger charge is -2.06. The molecule has 0 saturated heterocycles. The van der Waals surface area contributed by atoms with Gasteiger partial charge in [-0.2, -0.15) is 5.26 Å². The van der Waals surface area contributed by atoms with Crippen molar-refractivity contribution in [1.82, 2.24) is 0 Å². The maximum atomic E-state index is 11.3. The zero-order chi connectivity index (χ0) is 12.1. The van der Waals surface area contributed by atoms with Crippen LogP contribution < -0.4 is 0 Å². The predicted molar refractivity (Wildman–Crippen MR) is 63.9 cm³/mol. The molecule has 0 heterocycles. The van der Waals surface area contributed by atoms with E-state index in [2.05, 4.69) is 22.0 Å². The Balaban J connectivity index is 2.95. The molecule has 84 valence electrons. The van der Waals surface area contributed by atoms with Crippen LogP contribution in [0.3, 0.4) is 0 Å². The smallest absolute Gasteiger partial charge is 0.310 e. The van der Waals surface area contributed by atoms with Gasteiger partial charge in [-0.1, -0.05) is 15.9 Å². The van der Waals surface area contributed by atoms with Gasteiger partial charge in [-0.25, -0.2) is 0 Å². The molecule has 0 spiro atoms. The van der Waals surface area contributed by atoms with Gasteiger partial charge in [0.05, 0.1) is 24.7 Å². The first-order chi connectivity index (χ1) is 7.58. The van der Waals surface area contributed by atoms with Gasteiger partial charge in [0, 0.05) is 4.47 Å². The number of hydrogen-bond acceptors (Lipinski definition) is 3. The topological polar surface area (TPSA) is 50.1 Å². The molecule has 16 heavy (non-hydrogen) atoms. The van der Waals surface area contributed by atoms with Gasteiger partial charge < -0.3 is 4.74 Å². The maximum absolute atomic E-state index is 11.3. The summed E-state index contributed by atoms with van der Waals surface area (Å²) < 4.78 is 5.69. The van der Waals surface area contributed by atoms with Crippen molar-refractivity contribution in [2.75, 3.05) is 6.61 Å². The summed E-state index contributed by atoms with van der Waals surface area (Å²) in [6, 6.07) is 5.66. The van der Waals surface area contributed by atoms with E-state index in [0.717, 1.165) is 15.6 Å². The average Bonchev–Trinajstić information content (AvgIpc) is 2.23. The first-order valence-electron chi connectivity index (χ1n) is 4.93. The van der Waals surface area contributed by atoms with Crippen molar-refractivity contribution in [1.29, 1.82) is 5.26 Å². The average molecular weight is 282 g/mol. The summed E-state index contributed by atoms with van der Waals surface area (Å²) in [6.07, 6.45) is 0.196. The molecule has 0 fully saturated rings. The van der Waals surface area contributed by atoms with Gasteiger partial charge in [0.2, 0.25) is 0 Å². The van der Waals surface area contributed by atoms with Crippen LogP contribution in [-0.4, -0.2) is 12.6 Å². The number of esters is 1. The summed E-state index contributed by atoms with van der Waals surface area (Å²) in [4.78, 5) is 11.3. The molecule has 0 unspecified atom stereocenters. The van der Waals surface area contributed by atoms with Gasteiger partial charge in [0.1, 0.15) is 0 Å². The standard InChI is InChI=1S/C12H12BrNO2/c1-3-16-12(15)6-9-4-10(7-14)8(2)11(13)5-9/h4-5H,3,6H2,1-2H3. The highest BCUT2D eigenvalue weighted by Gasteiger charge is 2.09. The van der Waals surface area contributed by atoms with Crippen LogP contribution in [0, 0.1) is 18.3 Å². The summed E-state index contributed by atoms with van der Waals surface area (Å²) in [5.41, 5.74) is 2.25. The summed E-state index contributed by atoms with van der Waals surface area (Å²) in [5, 5.41) is 8.92. The number of carbonyl (C=O) groups is 1. The van der Waals surface area contributed by atoms with E-state index in [1.165, 1.54) is 0 Å². The molecular formula is C12H12BrNO2. The molecule has 0 amide bonds. The first-order valence-corrected chi connectivity index (χ1v) is 5.72. The fourth-order valence-electron chi connectivity index (χ4n) is 1.33. The van der Waals surface area contributed by atoms with Gasteiger partial charge >= 0.3 is 5.97 Å². The van der Waals surface area contributed by atoms with Crippen LogP contribution in [0.25, 0.3) is 0 Å². The lowest BCUT2D eigenvalue weighted by Crippen LogP contribution is -2.07. The predicted octanol–water partition coefficient (Wildman–Crippen LogP) is 2.73. The number of carbonyl (C=O) groups excluding carboxylic acids is 1. The monoisotopic (exact) mass is 281 g/mol. The summed E-state index contributed by atoms with van der Waals surface area (Å²) >= 11 is 3.36. The molecule has 0 aliphatic rings. The molecule has 1 aromatic carbocycles. The third-order valence-electron chi connectivity index (χ3n) is 2.18. The lowest BCUT2D eigenvalue weighted by molar-refractivity contribution is -0.142. The molecule has 0 aliphatic carbocycles. The van der Waals surface area contributed by atoms with E-state index in [-0.39, 0.29) is 12.4 Å². The molecule has 0 saturated carbocycles. The molecule has 3 nitrogen and oxygen atoms in total. The zero-order valence-corrected chi connectivity index (χ0v) is 10.8. The molecule has 0 radical (unpaired) electrons. The Labute approximate surface area is 103 Å². The second-order valence-corrected chi connectivity index (χ2v) is 4.20. The van der Waals surface area contributed by atoms with Crippen molar-refractivity contribution in [2.24, 2.45) is 0 Å². The molecule has 0 N–H and O–H groups in total. The summed E-state index contributed by atoms with van der Waals surface area (Å²) in [7, 11) is 0. The highest BCUT2D eigenvalue weighted by atomic mass is 79.9. The molecule has 0 aromatic heterocycles. The van der Waals surface area contributed by atoms with E-state index in [0.29, 0.717) is 12.2 Å². The van der Waals surface area contributed by atoms with Crippen LogP contribution >= 0.6 is 15.9 Å². The molecule has 1 aromatic rings. The van der Waals surface area contributed by atoms with Crippen molar-refractivity contribution >= 4 is 21.9 Å². The first kappa shape index (κ1) is 12.7. The number of hydrogen-bond donors (Lipinski definition) is 0. The normalized spacial score (nSPS) is 9.62. The number of nitrogens with zero attached hydrogens (tertiary/aromatic N) is 1. The molecule has 0 aliphatic heterocycles. The van der Waals surface area contributed by atoms with Crippen molar-refractivity contribution in [3.63, 3.8) is 0 Å². The van der Waals surface area contributed by atoms with Crippen LogP contribution in [0.15, 0.2) is 16.6 Å². The number of nitriles is 1. The molecule has 0 atom stereocenters. The Kier molecular flexibility index (Phi) is 4.51. The van der Waals surface area contributed by atoms with Crippen LogP contribution in [-0.2, 0) is 16.0 Å². The van der Waals surface area contributed by atoms with Gasteiger partial charge in [0.15, 0.2) is 0 Å². The van der Waals surface area contributed by atoms with Gasteiger partial charge in [-0.3, -0.25) is 4.79 Å². The Morgan fingerprint density at radius 2 is 2.25 bits per heavy atom. The highest BCUT2D eigenvalue weighted by Crippen LogP contribution is 2.22. The van der Waals surface area contributed by atoms with E-state index in [9.17, 15) is 4.79 Å². The van der Waals surface area contributed by atoms with Crippen molar-refractivity contribution in [3.8, 4) is 6.07 Å². The second-order valence-electron chi connectivity index (χ2n) is 3.34. The number of rotatable bonds is 3. The minimum atomic E-state index is -0.276. The third kappa shape index (κ3) is 3.07. The van der Waals surface area contributed by atoms with E-state index in [1.807, 2.05) is 13.0 Å². The fourth-order valence-corrected chi connectivity index (χ4v) is 1.84. The van der Waals surface area contributed by atoms with E-state index in [4.69, 9.17) is 10.00 Å². The SMILES string of the molecule is CCOC(=O)Cc1cc(Br)c(C)c(C#N)c1. The van der Waals surface area contributed by atoms with Crippen molar-refractivity contribution in [2.45, 2.75) is 20.3 Å². The quantitative estimate of drug-likeness (QED) is 0.801. The summed E-state index contributed by atoms with van der Waals surface area (Å²) in [5.74, 6) is -0.276. The Morgan fingerprint density at radius 1 is 1.56 bits per heavy atom. The van der Waals surface area contributed by atoms with Crippen LogP contribution in [0.4, 0.5) is 0 Å². The molecule has 0 bridgehead atoms. The lowest BCUT2D eigenvalue weighted by atomic mass is 10.0. The molecular weight excluding hydrogens is 270 g/mol. The molecule has 1 rings (SSSR count). The van der Waals surface area contributed by atoms with Crippen LogP contribution in [0.5, 0.6) is 0 Å². The van der Waals surface area contributed by atoms with Gasteiger partial charge in [-0.15, -0.1) is 0 Å². The van der Waals surface area contributed by atoms with Crippen LogP contribution in [0.1, 0.15) is 23.6 Å². The largest absolute Gasteiger partial charge is 0.466 e. The zero-order valence-electron chi connectivity index (χ0n) is 9.21.